The summed E-state index contributed by atoms with van der Waals surface area (Å²) in [6, 6.07) is 8.49. The minimum Gasteiger partial charge on any atom is -0.451 e. The molecule has 0 saturated carbocycles. The summed E-state index contributed by atoms with van der Waals surface area (Å²) in [4.78, 5) is 35.2. The fraction of sp³-hybridized carbons (Fsp3) is 0.400. The van der Waals surface area contributed by atoms with Crippen molar-refractivity contribution >= 4 is 24.0 Å². The predicted octanol–water partition coefficient (Wildman–Crippen LogP) is 2.88. The van der Waals surface area contributed by atoms with Gasteiger partial charge in [0.1, 0.15) is 11.6 Å². The van der Waals surface area contributed by atoms with Crippen LogP contribution in [0.3, 0.4) is 0 Å². The molecule has 1 rings (SSSR count). The quantitative estimate of drug-likeness (QED) is 0.470. The molecule has 7 heteroatoms. The van der Waals surface area contributed by atoms with Crippen LogP contribution in [0.15, 0.2) is 29.8 Å². The van der Waals surface area contributed by atoms with Crippen molar-refractivity contribution in [3.8, 4) is 6.07 Å². The van der Waals surface area contributed by atoms with Gasteiger partial charge in [0.05, 0.1) is 0 Å². The standard InChI is InChI=1S/C20H25N3O4/c1-13(2)15-8-6-14(7-9-15)10-16(11-21)18(25)27-12-17(24)22-19(26)23-20(3,4)5/h6-10,13H,12H2,1-5H3,(H2,22,23,24,26)/b16-10+. The first-order valence-corrected chi connectivity index (χ1v) is 8.52. The highest BCUT2D eigenvalue weighted by atomic mass is 16.5. The van der Waals surface area contributed by atoms with Crippen LogP contribution in [-0.4, -0.2) is 30.1 Å². The number of amides is 3. The van der Waals surface area contributed by atoms with Gasteiger partial charge in [0, 0.05) is 5.54 Å². The number of imide groups is 1. The fourth-order valence-electron chi connectivity index (χ4n) is 2.02. The number of nitriles is 1. The molecule has 0 aliphatic heterocycles. The fourth-order valence-corrected chi connectivity index (χ4v) is 2.02. The van der Waals surface area contributed by atoms with Gasteiger partial charge in [-0.2, -0.15) is 5.26 Å². The van der Waals surface area contributed by atoms with Crippen molar-refractivity contribution in [3.63, 3.8) is 0 Å². The van der Waals surface area contributed by atoms with Gasteiger partial charge in [0.15, 0.2) is 6.61 Å². The molecule has 1 aromatic carbocycles. The number of carbonyl (C=O) groups is 3. The van der Waals surface area contributed by atoms with Gasteiger partial charge in [-0.3, -0.25) is 10.1 Å². The molecule has 0 unspecified atom stereocenters. The van der Waals surface area contributed by atoms with Gasteiger partial charge in [-0.05, 0) is 43.9 Å². The molecule has 144 valence electrons. The normalized spacial score (nSPS) is 11.5. The molecule has 0 spiro atoms. The second kappa shape index (κ2) is 9.53. The van der Waals surface area contributed by atoms with E-state index in [1.165, 1.54) is 6.08 Å². The van der Waals surface area contributed by atoms with Crippen molar-refractivity contribution in [1.29, 1.82) is 5.26 Å². The molecule has 7 nitrogen and oxygen atoms in total. The average Bonchev–Trinajstić information content (AvgIpc) is 2.56. The third kappa shape index (κ3) is 8.19. The summed E-state index contributed by atoms with van der Waals surface area (Å²) >= 11 is 0. The number of nitrogens with one attached hydrogen (secondary N) is 2. The van der Waals surface area contributed by atoms with Crippen molar-refractivity contribution in [1.82, 2.24) is 10.6 Å². The van der Waals surface area contributed by atoms with Gasteiger partial charge >= 0.3 is 12.0 Å². The van der Waals surface area contributed by atoms with E-state index >= 15 is 0 Å². The first kappa shape index (κ1) is 21.9. The van der Waals surface area contributed by atoms with Crippen LogP contribution in [0.1, 0.15) is 51.7 Å². The number of ether oxygens (including phenoxy) is 1. The Balaban J connectivity index is 2.64. The first-order chi connectivity index (χ1) is 12.5. The Labute approximate surface area is 159 Å². The summed E-state index contributed by atoms with van der Waals surface area (Å²) in [6.07, 6.45) is 1.39. The monoisotopic (exact) mass is 371 g/mol. The van der Waals surface area contributed by atoms with E-state index in [-0.39, 0.29) is 5.57 Å². The number of carbonyl (C=O) groups excluding carboxylic acids is 3. The van der Waals surface area contributed by atoms with Gasteiger partial charge in [-0.25, -0.2) is 9.59 Å². The third-order valence-corrected chi connectivity index (χ3v) is 3.33. The molecule has 0 saturated heterocycles. The molecular formula is C20H25N3O4. The zero-order valence-electron chi connectivity index (χ0n) is 16.3. The molecule has 0 aliphatic carbocycles. The van der Waals surface area contributed by atoms with Crippen LogP contribution in [0.25, 0.3) is 6.08 Å². The molecule has 0 atom stereocenters. The maximum absolute atomic E-state index is 12.0. The van der Waals surface area contributed by atoms with Crippen molar-refractivity contribution in [2.24, 2.45) is 0 Å². The number of esters is 1. The van der Waals surface area contributed by atoms with Crippen molar-refractivity contribution < 1.29 is 19.1 Å². The lowest BCUT2D eigenvalue weighted by molar-refractivity contribution is -0.144. The second-order valence-corrected chi connectivity index (χ2v) is 7.32. The molecule has 3 amide bonds. The Kier molecular flexibility index (Phi) is 7.73. The molecule has 0 bridgehead atoms. The molecule has 0 fully saturated rings. The lowest BCUT2D eigenvalue weighted by atomic mass is 10.0. The maximum atomic E-state index is 12.0. The van der Waals surface area contributed by atoms with Crippen LogP contribution in [0, 0.1) is 11.3 Å². The SMILES string of the molecule is CC(C)c1ccc(/C=C(\C#N)C(=O)OCC(=O)NC(=O)NC(C)(C)C)cc1. The Morgan fingerprint density at radius 3 is 2.26 bits per heavy atom. The molecule has 0 aliphatic rings. The van der Waals surface area contributed by atoms with E-state index in [1.54, 1.807) is 39.0 Å². The summed E-state index contributed by atoms with van der Waals surface area (Å²) in [7, 11) is 0. The summed E-state index contributed by atoms with van der Waals surface area (Å²) in [6.45, 7) is 8.74. The van der Waals surface area contributed by atoms with Gasteiger partial charge in [0.25, 0.3) is 5.91 Å². The number of hydrogen-bond donors (Lipinski definition) is 2. The Bertz CT molecular complexity index is 766. The summed E-state index contributed by atoms with van der Waals surface area (Å²) in [5.74, 6) is -1.35. The number of nitrogens with zero attached hydrogens (tertiary/aromatic N) is 1. The number of rotatable bonds is 5. The van der Waals surface area contributed by atoms with Crippen LogP contribution >= 0.6 is 0 Å². The molecule has 0 radical (unpaired) electrons. The van der Waals surface area contributed by atoms with Crippen LogP contribution in [0.4, 0.5) is 4.79 Å². The lowest BCUT2D eigenvalue weighted by Gasteiger charge is -2.20. The van der Waals surface area contributed by atoms with E-state index in [0.29, 0.717) is 11.5 Å². The zero-order valence-corrected chi connectivity index (χ0v) is 16.3. The van der Waals surface area contributed by atoms with Crippen LogP contribution in [-0.2, 0) is 14.3 Å². The maximum Gasteiger partial charge on any atom is 0.349 e. The van der Waals surface area contributed by atoms with Crippen LogP contribution in [0.5, 0.6) is 0 Å². The van der Waals surface area contributed by atoms with Crippen molar-refractivity contribution in [3.05, 3.63) is 41.0 Å². The van der Waals surface area contributed by atoms with Gasteiger partial charge in [0.2, 0.25) is 0 Å². The number of urea groups is 1. The highest BCUT2D eigenvalue weighted by Crippen LogP contribution is 2.16. The van der Waals surface area contributed by atoms with Crippen molar-refractivity contribution in [2.75, 3.05) is 6.61 Å². The van der Waals surface area contributed by atoms with E-state index in [9.17, 15) is 14.4 Å². The molecule has 0 heterocycles. The zero-order chi connectivity index (χ0) is 20.6. The Morgan fingerprint density at radius 1 is 1.19 bits per heavy atom. The summed E-state index contributed by atoms with van der Waals surface area (Å²) in [5.41, 5.74) is 1.06. The summed E-state index contributed by atoms with van der Waals surface area (Å²) < 4.78 is 4.80. The van der Waals surface area contributed by atoms with Gasteiger partial charge in [-0.1, -0.05) is 38.1 Å². The highest BCUT2D eigenvalue weighted by Gasteiger charge is 2.17. The number of hydrogen-bond acceptors (Lipinski definition) is 5. The molecular weight excluding hydrogens is 346 g/mol. The van der Waals surface area contributed by atoms with E-state index in [4.69, 9.17) is 10.00 Å². The van der Waals surface area contributed by atoms with Gasteiger partial charge in [-0.15, -0.1) is 0 Å². The van der Waals surface area contributed by atoms with E-state index in [0.717, 1.165) is 5.56 Å². The average molecular weight is 371 g/mol. The molecule has 1 aromatic rings. The smallest absolute Gasteiger partial charge is 0.349 e. The Hall–Kier alpha value is -3.14. The lowest BCUT2D eigenvalue weighted by Crippen LogP contribution is -2.49. The minimum absolute atomic E-state index is 0.237. The van der Waals surface area contributed by atoms with Crippen LogP contribution < -0.4 is 10.6 Å². The van der Waals surface area contributed by atoms with E-state index in [1.807, 2.05) is 17.4 Å². The van der Waals surface area contributed by atoms with Crippen LogP contribution in [0.2, 0.25) is 0 Å². The number of benzene rings is 1. The Morgan fingerprint density at radius 2 is 1.78 bits per heavy atom. The third-order valence-electron chi connectivity index (χ3n) is 3.33. The largest absolute Gasteiger partial charge is 0.451 e. The second-order valence-electron chi connectivity index (χ2n) is 7.32. The van der Waals surface area contributed by atoms with E-state index < -0.39 is 30.1 Å². The highest BCUT2D eigenvalue weighted by molar-refractivity contribution is 6.00. The minimum atomic E-state index is -0.934. The van der Waals surface area contributed by atoms with Crippen molar-refractivity contribution in [2.45, 2.75) is 46.1 Å². The molecule has 0 aromatic heterocycles. The molecule has 2 N–H and O–H groups in total. The topological polar surface area (TPSA) is 108 Å². The van der Waals surface area contributed by atoms with Gasteiger partial charge < -0.3 is 10.1 Å². The summed E-state index contributed by atoms with van der Waals surface area (Å²) in [5, 5.41) is 13.7. The molecule has 27 heavy (non-hydrogen) atoms. The first-order valence-electron chi connectivity index (χ1n) is 8.52. The predicted molar refractivity (Wildman–Crippen MR) is 102 cm³/mol. The van der Waals surface area contributed by atoms with E-state index in [2.05, 4.69) is 19.2 Å².